The molecular weight excluding hydrogens is 236 g/mol. The molecule has 1 unspecified atom stereocenters. The van der Waals surface area contributed by atoms with Crippen molar-refractivity contribution in [3.05, 3.63) is 22.7 Å². The zero-order chi connectivity index (χ0) is 12.8. The summed E-state index contributed by atoms with van der Waals surface area (Å²) in [7, 11) is 1.62. The molecule has 0 heterocycles. The van der Waals surface area contributed by atoms with E-state index in [0.29, 0.717) is 16.7 Å². The van der Waals surface area contributed by atoms with E-state index in [1.807, 2.05) is 19.1 Å². The highest BCUT2D eigenvalue weighted by molar-refractivity contribution is 6.32. The number of hydrogen-bond donors (Lipinski definition) is 2. The van der Waals surface area contributed by atoms with Crippen molar-refractivity contribution in [1.82, 2.24) is 0 Å². The van der Waals surface area contributed by atoms with E-state index in [4.69, 9.17) is 22.1 Å². The maximum atomic E-state index is 6.09. The molecule has 0 aliphatic rings. The van der Waals surface area contributed by atoms with Crippen LogP contribution >= 0.6 is 11.6 Å². The molecule has 0 saturated carbocycles. The number of aryl methyl sites for hydroxylation is 1. The Kier molecular flexibility index (Phi) is 5.59. The monoisotopic (exact) mass is 256 g/mol. The molecule has 1 atom stereocenters. The number of hydrogen-bond acceptors (Lipinski definition) is 3. The molecule has 0 amide bonds. The summed E-state index contributed by atoms with van der Waals surface area (Å²) in [6.45, 7) is 5.85. The molecule has 0 saturated heterocycles. The first-order chi connectivity index (χ1) is 8.08. The van der Waals surface area contributed by atoms with Gasteiger partial charge in [0, 0.05) is 12.2 Å². The molecule has 0 aromatic heterocycles. The second-order valence-electron chi connectivity index (χ2n) is 4.37. The largest absolute Gasteiger partial charge is 0.495 e. The highest BCUT2D eigenvalue weighted by Gasteiger charge is 2.07. The van der Waals surface area contributed by atoms with Crippen molar-refractivity contribution in [2.75, 3.05) is 25.5 Å². The van der Waals surface area contributed by atoms with Gasteiger partial charge in [-0.15, -0.1) is 0 Å². The van der Waals surface area contributed by atoms with Gasteiger partial charge in [0.25, 0.3) is 0 Å². The van der Waals surface area contributed by atoms with Gasteiger partial charge in [-0.2, -0.15) is 0 Å². The van der Waals surface area contributed by atoms with Crippen molar-refractivity contribution in [2.24, 2.45) is 11.7 Å². The van der Waals surface area contributed by atoms with E-state index in [1.54, 1.807) is 7.11 Å². The van der Waals surface area contributed by atoms with Gasteiger partial charge in [0.2, 0.25) is 0 Å². The molecule has 4 heteroatoms. The number of anilines is 1. The summed E-state index contributed by atoms with van der Waals surface area (Å²) < 4.78 is 5.17. The standard InChI is InChI=1S/C13H21ClN2O/c1-9(4-5-15)8-16-12-7-11(14)13(17-3)6-10(12)2/h6-7,9,16H,4-5,8,15H2,1-3H3. The minimum Gasteiger partial charge on any atom is -0.495 e. The summed E-state index contributed by atoms with van der Waals surface area (Å²) in [5.41, 5.74) is 7.71. The SMILES string of the molecule is COc1cc(C)c(NCC(C)CCN)cc1Cl. The first kappa shape index (κ1) is 14.1. The van der Waals surface area contributed by atoms with Crippen molar-refractivity contribution < 1.29 is 4.74 Å². The Bertz CT molecular complexity index is 369. The van der Waals surface area contributed by atoms with Crippen LogP contribution in [-0.2, 0) is 0 Å². The lowest BCUT2D eigenvalue weighted by atomic mass is 10.1. The van der Waals surface area contributed by atoms with Crippen LogP contribution in [0.5, 0.6) is 5.75 Å². The lowest BCUT2D eigenvalue weighted by molar-refractivity contribution is 0.415. The van der Waals surface area contributed by atoms with Gasteiger partial charge in [0.05, 0.1) is 12.1 Å². The molecule has 0 aliphatic carbocycles. The first-order valence-electron chi connectivity index (χ1n) is 5.86. The van der Waals surface area contributed by atoms with Gasteiger partial charge in [-0.1, -0.05) is 18.5 Å². The quantitative estimate of drug-likeness (QED) is 0.822. The van der Waals surface area contributed by atoms with E-state index in [2.05, 4.69) is 12.2 Å². The van der Waals surface area contributed by atoms with Crippen LogP contribution in [0.1, 0.15) is 18.9 Å². The van der Waals surface area contributed by atoms with Gasteiger partial charge in [-0.05, 0) is 43.5 Å². The Morgan fingerprint density at radius 3 is 2.76 bits per heavy atom. The molecule has 96 valence electrons. The van der Waals surface area contributed by atoms with Crippen molar-refractivity contribution >= 4 is 17.3 Å². The van der Waals surface area contributed by atoms with E-state index in [0.717, 1.165) is 30.8 Å². The van der Waals surface area contributed by atoms with Crippen molar-refractivity contribution in [1.29, 1.82) is 0 Å². The number of nitrogens with one attached hydrogen (secondary N) is 1. The second-order valence-corrected chi connectivity index (χ2v) is 4.77. The maximum Gasteiger partial charge on any atom is 0.137 e. The summed E-state index contributed by atoms with van der Waals surface area (Å²) in [6, 6.07) is 3.85. The molecule has 3 nitrogen and oxygen atoms in total. The first-order valence-corrected chi connectivity index (χ1v) is 6.24. The van der Waals surface area contributed by atoms with Gasteiger partial charge < -0.3 is 15.8 Å². The Morgan fingerprint density at radius 1 is 1.47 bits per heavy atom. The van der Waals surface area contributed by atoms with Crippen LogP contribution in [0.25, 0.3) is 0 Å². The molecular formula is C13H21ClN2O. The highest BCUT2D eigenvalue weighted by atomic mass is 35.5. The molecule has 0 spiro atoms. The van der Waals surface area contributed by atoms with Crippen LogP contribution in [-0.4, -0.2) is 20.2 Å². The van der Waals surface area contributed by atoms with Crippen LogP contribution in [0, 0.1) is 12.8 Å². The van der Waals surface area contributed by atoms with Crippen LogP contribution in [0.2, 0.25) is 5.02 Å². The number of nitrogens with two attached hydrogens (primary N) is 1. The smallest absolute Gasteiger partial charge is 0.137 e. The summed E-state index contributed by atoms with van der Waals surface area (Å²) in [5.74, 6) is 1.27. The Labute approximate surface area is 108 Å². The van der Waals surface area contributed by atoms with Gasteiger partial charge in [0.15, 0.2) is 0 Å². The van der Waals surface area contributed by atoms with E-state index in [9.17, 15) is 0 Å². The Morgan fingerprint density at radius 2 is 2.18 bits per heavy atom. The van der Waals surface area contributed by atoms with Crippen LogP contribution in [0.15, 0.2) is 12.1 Å². The van der Waals surface area contributed by atoms with Crippen molar-refractivity contribution in [2.45, 2.75) is 20.3 Å². The molecule has 0 radical (unpaired) electrons. The predicted molar refractivity (Wildman–Crippen MR) is 74.1 cm³/mol. The molecule has 0 aliphatic heterocycles. The lowest BCUT2D eigenvalue weighted by Crippen LogP contribution is -2.15. The zero-order valence-electron chi connectivity index (χ0n) is 10.7. The minimum atomic E-state index is 0.556. The maximum absolute atomic E-state index is 6.09. The molecule has 0 fully saturated rings. The van der Waals surface area contributed by atoms with Gasteiger partial charge in [0.1, 0.15) is 5.75 Å². The predicted octanol–water partition coefficient (Wildman–Crippen LogP) is 3.05. The average molecular weight is 257 g/mol. The summed E-state index contributed by atoms with van der Waals surface area (Å²) in [5, 5.41) is 4.03. The normalized spacial score (nSPS) is 12.3. The fraction of sp³-hybridized carbons (Fsp3) is 0.538. The number of methoxy groups -OCH3 is 1. The molecule has 1 rings (SSSR count). The van der Waals surface area contributed by atoms with Gasteiger partial charge in [-0.3, -0.25) is 0 Å². The number of rotatable bonds is 6. The molecule has 3 N–H and O–H groups in total. The van der Waals surface area contributed by atoms with Gasteiger partial charge in [-0.25, -0.2) is 0 Å². The third kappa shape index (κ3) is 4.10. The van der Waals surface area contributed by atoms with Crippen molar-refractivity contribution in [3.8, 4) is 5.75 Å². The molecule has 1 aromatic carbocycles. The second kappa shape index (κ2) is 6.72. The molecule has 1 aromatic rings. The molecule has 17 heavy (non-hydrogen) atoms. The third-order valence-electron chi connectivity index (χ3n) is 2.80. The number of ether oxygens (including phenoxy) is 1. The minimum absolute atomic E-state index is 0.556. The third-order valence-corrected chi connectivity index (χ3v) is 3.09. The fourth-order valence-electron chi connectivity index (χ4n) is 1.67. The van der Waals surface area contributed by atoms with Gasteiger partial charge >= 0.3 is 0 Å². The number of halogens is 1. The summed E-state index contributed by atoms with van der Waals surface area (Å²) in [4.78, 5) is 0. The summed E-state index contributed by atoms with van der Waals surface area (Å²) >= 11 is 6.09. The lowest BCUT2D eigenvalue weighted by Gasteiger charge is -2.15. The number of benzene rings is 1. The highest BCUT2D eigenvalue weighted by Crippen LogP contribution is 2.30. The van der Waals surface area contributed by atoms with Crippen molar-refractivity contribution in [3.63, 3.8) is 0 Å². The van der Waals surface area contributed by atoms with E-state index in [-0.39, 0.29) is 0 Å². The van der Waals surface area contributed by atoms with Crippen LogP contribution < -0.4 is 15.8 Å². The molecule has 0 bridgehead atoms. The summed E-state index contributed by atoms with van der Waals surface area (Å²) in [6.07, 6.45) is 1.02. The topological polar surface area (TPSA) is 47.3 Å². The fourth-order valence-corrected chi connectivity index (χ4v) is 1.91. The van der Waals surface area contributed by atoms with Crippen LogP contribution in [0.4, 0.5) is 5.69 Å². The Hall–Kier alpha value is -0.930. The van der Waals surface area contributed by atoms with Crippen LogP contribution in [0.3, 0.4) is 0 Å². The Balaban J connectivity index is 2.68. The average Bonchev–Trinajstić information content (AvgIpc) is 2.30. The van der Waals surface area contributed by atoms with E-state index < -0.39 is 0 Å². The van der Waals surface area contributed by atoms with E-state index in [1.165, 1.54) is 0 Å². The zero-order valence-corrected chi connectivity index (χ0v) is 11.5. The van der Waals surface area contributed by atoms with E-state index >= 15 is 0 Å².